The van der Waals surface area contributed by atoms with Gasteiger partial charge in [0, 0.05) is 23.8 Å². The van der Waals surface area contributed by atoms with E-state index in [-0.39, 0.29) is 23.9 Å². The zero-order valence-electron chi connectivity index (χ0n) is 22.4. The fourth-order valence-electron chi connectivity index (χ4n) is 5.39. The number of hydrogen-bond acceptors (Lipinski definition) is 10. The Kier molecular flexibility index (Phi) is 7.12. The minimum Gasteiger partial charge on any atom is -0.500 e. The topological polar surface area (TPSA) is 141 Å². The van der Waals surface area contributed by atoms with Crippen LogP contribution in [0.15, 0.2) is 59.8 Å². The number of methoxy groups -OCH3 is 4. The standard InChI is InChI=1S/C29H29N3O8/c1-37-23-14-17(10-21(28(23)34)32(35)36)27-26-20(30-18-7-5-6-8-19(18)31-27)9-15(11-22(26)33)16-12-24(38-2)29(40-4)25(13-16)39-3/h5-8,10,12-15,27,30-31,34H,9,11H2,1-4H3/t15-,27-/m0/s1. The highest BCUT2D eigenvalue weighted by Crippen LogP contribution is 2.48. The van der Waals surface area contributed by atoms with Crippen LogP contribution in [-0.2, 0) is 4.79 Å². The number of benzene rings is 3. The van der Waals surface area contributed by atoms with Gasteiger partial charge < -0.3 is 34.7 Å². The third-order valence-electron chi connectivity index (χ3n) is 7.29. The van der Waals surface area contributed by atoms with Gasteiger partial charge >= 0.3 is 5.69 Å². The lowest BCUT2D eigenvalue weighted by atomic mass is 9.78. The van der Waals surface area contributed by atoms with Crippen LogP contribution in [-0.4, -0.2) is 44.3 Å². The maximum atomic E-state index is 13.9. The summed E-state index contributed by atoms with van der Waals surface area (Å²) in [4.78, 5) is 25.0. The van der Waals surface area contributed by atoms with Gasteiger partial charge in [0.25, 0.3) is 0 Å². The van der Waals surface area contributed by atoms with Crippen LogP contribution in [0.2, 0.25) is 0 Å². The number of ketones is 1. The normalized spacial score (nSPS) is 17.9. The van der Waals surface area contributed by atoms with Gasteiger partial charge in [0.05, 0.1) is 50.8 Å². The number of phenolic OH excluding ortho intramolecular Hbond substituents is 1. The van der Waals surface area contributed by atoms with E-state index >= 15 is 0 Å². The smallest absolute Gasteiger partial charge is 0.315 e. The van der Waals surface area contributed by atoms with E-state index in [1.165, 1.54) is 26.4 Å². The van der Waals surface area contributed by atoms with Crippen molar-refractivity contribution in [3.05, 3.63) is 81.0 Å². The fourth-order valence-corrected chi connectivity index (χ4v) is 5.39. The molecule has 3 aromatic carbocycles. The van der Waals surface area contributed by atoms with Crippen molar-refractivity contribution in [1.82, 2.24) is 0 Å². The van der Waals surface area contributed by atoms with Gasteiger partial charge in [-0.2, -0.15) is 0 Å². The van der Waals surface area contributed by atoms with Crippen LogP contribution in [0, 0.1) is 10.1 Å². The summed E-state index contributed by atoms with van der Waals surface area (Å²) in [7, 11) is 5.93. The van der Waals surface area contributed by atoms with Crippen molar-refractivity contribution in [2.75, 3.05) is 39.1 Å². The Labute approximate surface area is 230 Å². The lowest BCUT2D eigenvalue weighted by Gasteiger charge is -2.30. The second kappa shape index (κ2) is 10.7. The molecule has 0 spiro atoms. The van der Waals surface area contributed by atoms with Crippen LogP contribution in [0.25, 0.3) is 0 Å². The summed E-state index contributed by atoms with van der Waals surface area (Å²) in [5, 5.41) is 28.9. The van der Waals surface area contributed by atoms with E-state index in [4.69, 9.17) is 18.9 Å². The number of rotatable bonds is 7. The fraction of sp³-hybridized carbons (Fsp3) is 0.276. The van der Waals surface area contributed by atoms with E-state index in [9.17, 15) is 20.0 Å². The van der Waals surface area contributed by atoms with E-state index in [0.717, 1.165) is 11.3 Å². The van der Waals surface area contributed by atoms with E-state index in [1.807, 2.05) is 36.4 Å². The number of fused-ring (bicyclic) bond motifs is 1. The van der Waals surface area contributed by atoms with Crippen molar-refractivity contribution in [1.29, 1.82) is 0 Å². The molecule has 3 N–H and O–H groups in total. The molecule has 3 aromatic rings. The number of para-hydroxylation sites is 2. The summed E-state index contributed by atoms with van der Waals surface area (Å²) in [5.74, 6) is 0.476. The first-order chi connectivity index (χ1) is 19.3. The Hall–Kier alpha value is -4.93. The number of nitrogens with one attached hydrogen (secondary N) is 2. The molecule has 0 bridgehead atoms. The van der Waals surface area contributed by atoms with Crippen molar-refractivity contribution in [3.63, 3.8) is 0 Å². The molecule has 2 aliphatic rings. The highest BCUT2D eigenvalue weighted by atomic mass is 16.6. The molecule has 1 aliphatic carbocycles. The van der Waals surface area contributed by atoms with Gasteiger partial charge in [-0.05, 0) is 53.8 Å². The Morgan fingerprint density at radius 1 is 0.875 bits per heavy atom. The van der Waals surface area contributed by atoms with Crippen molar-refractivity contribution >= 4 is 22.8 Å². The molecular formula is C29H29N3O8. The summed E-state index contributed by atoms with van der Waals surface area (Å²) < 4.78 is 21.8. The summed E-state index contributed by atoms with van der Waals surface area (Å²) in [6, 6.07) is 13.2. The third-order valence-corrected chi connectivity index (χ3v) is 7.29. The van der Waals surface area contributed by atoms with Crippen molar-refractivity contribution in [2.24, 2.45) is 0 Å². The van der Waals surface area contributed by atoms with E-state index in [2.05, 4.69) is 10.6 Å². The molecule has 11 nitrogen and oxygen atoms in total. The molecule has 0 radical (unpaired) electrons. The first-order valence-corrected chi connectivity index (χ1v) is 12.5. The predicted octanol–water partition coefficient (Wildman–Crippen LogP) is 5.31. The van der Waals surface area contributed by atoms with Crippen LogP contribution >= 0.6 is 0 Å². The average molecular weight is 548 g/mol. The maximum absolute atomic E-state index is 13.9. The molecule has 5 rings (SSSR count). The Bertz CT molecular complexity index is 1510. The zero-order chi connectivity index (χ0) is 28.6. The van der Waals surface area contributed by atoms with Crippen LogP contribution in [0.3, 0.4) is 0 Å². The number of Topliss-reactive ketones (excluding diaryl/α,β-unsaturated/α-hetero) is 1. The number of nitro benzene ring substituents is 1. The molecule has 2 atom stereocenters. The summed E-state index contributed by atoms with van der Waals surface area (Å²) in [6.45, 7) is 0. The number of phenols is 1. The quantitative estimate of drug-likeness (QED) is 0.263. The lowest BCUT2D eigenvalue weighted by molar-refractivity contribution is -0.386. The molecule has 40 heavy (non-hydrogen) atoms. The van der Waals surface area contributed by atoms with Gasteiger partial charge in [0.1, 0.15) is 0 Å². The highest BCUT2D eigenvalue weighted by Gasteiger charge is 2.38. The Morgan fingerprint density at radius 3 is 2.10 bits per heavy atom. The number of carbonyl (C=O) groups excluding carboxylic acids is 1. The Balaban J connectivity index is 1.65. The van der Waals surface area contributed by atoms with Gasteiger partial charge in [-0.25, -0.2) is 0 Å². The molecule has 208 valence electrons. The van der Waals surface area contributed by atoms with Crippen LogP contribution in [0.1, 0.15) is 35.9 Å². The number of allylic oxidation sites excluding steroid dienone is 1. The van der Waals surface area contributed by atoms with E-state index in [1.54, 1.807) is 14.2 Å². The van der Waals surface area contributed by atoms with Crippen molar-refractivity contribution in [2.45, 2.75) is 24.8 Å². The number of nitro groups is 1. The monoisotopic (exact) mass is 547 g/mol. The first kappa shape index (κ1) is 26.7. The molecule has 0 saturated heterocycles. The van der Waals surface area contributed by atoms with E-state index in [0.29, 0.717) is 46.2 Å². The van der Waals surface area contributed by atoms with Crippen LogP contribution in [0.5, 0.6) is 28.7 Å². The number of carbonyl (C=O) groups is 1. The molecular weight excluding hydrogens is 518 g/mol. The maximum Gasteiger partial charge on any atom is 0.315 e. The average Bonchev–Trinajstić information content (AvgIpc) is 3.13. The molecule has 1 heterocycles. The van der Waals surface area contributed by atoms with E-state index < -0.39 is 22.4 Å². The number of ether oxygens (including phenoxy) is 4. The summed E-state index contributed by atoms with van der Waals surface area (Å²) in [5.41, 5.74) is 3.37. The summed E-state index contributed by atoms with van der Waals surface area (Å²) in [6.07, 6.45) is 0.661. The van der Waals surface area contributed by atoms with Gasteiger partial charge in [-0.15, -0.1) is 0 Å². The number of aromatic hydroxyl groups is 1. The predicted molar refractivity (Wildman–Crippen MR) is 148 cm³/mol. The molecule has 0 amide bonds. The number of anilines is 2. The second-order valence-corrected chi connectivity index (χ2v) is 9.48. The molecule has 0 aromatic heterocycles. The third kappa shape index (κ3) is 4.59. The van der Waals surface area contributed by atoms with Crippen molar-refractivity contribution in [3.8, 4) is 28.7 Å². The molecule has 0 unspecified atom stereocenters. The molecule has 1 aliphatic heterocycles. The van der Waals surface area contributed by atoms with Gasteiger partial charge in [0.2, 0.25) is 11.5 Å². The Morgan fingerprint density at radius 2 is 1.50 bits per heavy atom. The molecule has 0 saturated carbocycles. The van der Waals surface area contributed by atoms with Gasteiger partial charge in [0.15, 0.2) is 23.0 Å². The minimum atomic E-state index is -0.743. The molecule has 11 heteroatoms. The van der Waals surface area contributed by atoms with Gasteiger partial charge in [-0.3, -0.25) is 14.9 Å². The SMILES string of the molecule is COc1cc([C@@H]2Nc3ccccc3NC3=C2C(=O)C[C@@H](c2cc(OC)c(OC)c(OC)c2)C3)cc([N+](=O)[O-])c1O. The summed E-state index contributed by atoms with van der Waals surface area (Å²) >= 11 is 0. The second-order valence-electron chi connectivity index (χ2n) is 9.48. The largest absolute Gasteiger partial charge is 0.500 e. The van der Waals surface area contributed by atoms with Crippen LogP contribution < -0.4 is 29.6 Å². The number of nitrogens with zero attached hydrogens (tertiary/aromatic N) is 1. The highest BCUT2D eigenvalue weighted by molar-refractivity contribution is 6.01. The minimum absolute atomic E-state index is 0.0581. The number of hydrogen-bond donors (Lipinski definition) is 3. The van der Waals surface area contributed by atoms with Gasteiger partial charge in [-0.1, -0.05) is 12.1 Å². The van der Waals surface area contributed by atoms with Crippen molar-refractivity contribution < 1.29 is 33.8 Å². The lowest BCUT2D eigenvalue weighted by Crippen LogP contribution is -2.27. The molecule has 0 fully saturated rings. The zero-order valence-corrected chi connectivity index (χ0v) is 22.4. The first-order valence-electron chi connectivity index (χ1n) is 12.5. The van der Waals surface area contributed by atoms with Crippen LogP contribution in [0.4, 0.5) is 17.1 Å².